The largest absolute Gasteiger partial charge is 0.120 e. The second-order valence-electron chi connectivity index (χ2n) is 4.75. The third kappa shape index (κ3) is 1.99. The summed E-state index contributed by atoms with van der Waals surface area (Å²) in [5, 5.41) is 2.05. The van der Waals surface area contributed by atoms with Crippen LogP contribution in [0.25, 0.3) is 0 Å². The van der Waals surface area contributed by atoms with Gasteiger partial charge in [0, 0.05) is 11.8 Å². The topological polar surface area (TPSA) is 0 Å². The molecule has 0 aromatic rings. The van der Waals surface area contributed by atoms with Gasteiger partial charge in [0.05, 0.1) is 6.26 Å². The molecule has 0 bridgehead atoms. The average molecular weight is 187 g/mol. The highest BCUT2D eigenvalue weighted by Gasteiger charge is 2.44. The summed E-state index contributed by atoms with van der Waals surface area (Å²) in [6.07, 6.45) is 5.46. The van der Waals surface area contributed by atoms with Gasteiger partial charge in [-0.2, -0.15) is 0 Å². The first-order valence-corrected chi connectivity index (χ1v) is 6.93. The van der Waals surface area contributed by atoms with Gasteiger partial charge in [-0.15, -0.1) is 0 Å². The normalized spacial score (nSPS) is 32.2. The summed E-state index contributed by atoms with van der Waals surface area (Å²) in [7, 11) is 0.691. The quantitative estimate of drug-likeness (QED) is 0.583. The van der Waals surface area contributed by atoms with E-state index in [-0.39, 0.29) is 0 Å². The van der Waals surface area contributed by atoms with Gasteiger partial charge in [0.2, 0.25) is 0 Å². The zero-order chi connectivity index (χ0) is 9.30. The van der Waals surface area contributed by atoms with Gasteiger partial charge in [0.15, 0.2) is 0 Å². The summed E-state index contributed by atoms with van der Waals surface area (Å²) in [5.74, 6) is 1.81. The lowest BCUT2D eigenvalue weighted by molar-refractivity contribution is 0.543. The van der Waals surface area contributed by atoms with Gasteiger partial charge < -0.3 is 0 Å². The van der Waals surface area contributed by atoms with Crippen molar-refractivity contribution < 1.29 is 0 Å². The first-order chi connectivity index (χ1) is 5.54. The smallest absolute Gasteiger partial charge is 0.0580 e. The Hall–Kier alpha value is 0.350. The van der Waals surface area contributed by atoms with Crippen LogP contribution in [0.3, 0.4) is 0 Å². The molecule has 0 radical (unpaired) electrons. The van der Waals surface area contributed by atoms with Crippen molar-refractivity contribution in [2.45, 2.75) is 51.0 Å². The van der Waals surface area contributed by atoms with E-state index in [2.05, 4.69) is 34.0 Å². The third-order valence-electron chi connectivity index (χ3n) is 3.18. The first kappa shape index (κ1) is 10.4. The molecule has 1 heteroatoms. The number of rotatable bonds is 2. The number of hydrogen-bond acceptors (Lipinski definition) is 0. The predicted molar refractivity (Wildman–Crippen MR) is 59.8 cm³/mol. The van der Waals surface area contributed by atoms with Crippen LogP contribution in [0.15, 0.2) is 0 Å². The van der Waals surface area contributed by atoms with Crippen molar-refractivity contribution >= 4 is 10.9 Å². The summed E-state index contributed by atoms with van der Waals surface area (Å²) < 4.78 is 0. The van der Waals surface area contributed by atoms with Gasteiger partial charge in [-0.25, -0.2) is 0 Å². The lowest BCUT2D eigenvalue weighted by atomic mass is 10.0. The zero-order valence-corrected chi connectivity index (χ0v) is 9.95. The maximum Gasteiger partial charge on any atom is 0.120 e. The molecule has 0 aromatic heterocycles. The van der Waals surface area contributed by atoms with Crippen LogP contribution in [0.5, 0.6) is 0 Å². The van der Waals surface area contributed by atoms with E-state index in [0.717, 1.165) is 22.3 Å². The molecule has 72 valence electrons. The molecule has 0 nitrogen and oxygen atoms in total. The lowest BCUT2D eigenvalue weighted by Gasteiger charge is -2.17. The van der Waals surface area contributed by atoms with Crippen LogP contribution < -0.4 is 0 Å². The SMILES string of the molecule is CC(C)[C@H]1CC[C@H](C(C)C)[S+]1C. The molecule has 0 unspecified atom stereocenters. The Labute approximate surface area is 80.5 Å². The van der Waals surface area contributed by atoms with Crippen LogP contribution in [-0.4, -0.2) is 16.8 Å². The standard InChI is InChI=1S/C11H23S/c1-8(2)10-6-7-11(9(3)4)12(10)5/h8-11H,6-7H2,1-5H3/q+1/t10-,11-/m1/s1. The molecule has 12 heavy (non-hydrogen) atoms. The average Bonchev–Trinajstić information content (AvgIpc) is 2.30. The van der Waals surface area contributed by atoms with Crippen LogP contribution >= 0.6 is 0 Å². The summed E-state index contributed by atoms with van der Waals surface area (Å²) in [6, 6.07) is 0. The van der Waals surface area contributed by atoms with Crippen LogP contribution in [0.2, 0.25) is 0 Å². The van der Waals surface area contributed by atoms with E-state index >= 15 is 0 Å². The van der Waals surface area contributed by atoms with Crippen LogP contribution in [0, 0.1) is 11.8 Å². The van der Waals surface area contributed by atoms with Crippen molar-refractivity contribution in [3.05, 3.63) is 0 Å². The monoisotopic (exact) mass is 187 g/mol. The van der Waals surface area contributed by atoms with Crippen molar-refractivity contribution in [1.29, 1.82) is 0 Å². The maximum atomic E-state index is 2.49. The zero-order valence-electron chi connectivity index (χ0n) is 9.13. The number of hydrogen-bond donors (Lipinski definition) is 0. The Morgan fingerprint density at radius 2 is 1.25 bits per heavy atom. The Kier molecular flexibility index (Phi) is 3.51. The third-order valence-corrected chi connectivity index (χ3v) is 6.65. The molecule has 0 spiro atoms. The molecule has 0 aliphatic carbocycles. The van der Waals surface area contributed by atoms with Crippen LogP contribution in [0.4, 0.5) is 0 Å². The molecule has 0 saturated carbocycles. The fourth-order valence-electron chi connectivity index (χ4n) is 2.45. The molecular weight excluding hydrogens is 164 g/mol. The van der Waals surface area contributed by atoms with Gasteiger partial charge in [0.25, 0.3) is 0 Å². The van der Waals surface area contributed by atoms with E-state index in [0.29, 0.717) is 10.9 Å². The van der Waals surface area contributed by atoms with E-state index in [1.165, 1.54) is 12.8 Å². The molecular formula is C11H23S+. The summed E-state index contributed by atoms with van der Waals surface area (Å²) >= 11 is 0. The molecule has 1 rings (SSSR count). The highest BCUT2D eigenvalue weighted by Crippen LogP contribution is 2.35. The minimum Gasteiger partial charge on any atom is -0.0580 e. The highest BCUT2D eigenvalue weighted by molar-refractivity contribution is 7.97. The Bertz CT molecular complexity index is 124. The van der Waals surface area contributed by atoms with Crippen molar-refractivity contribution in [1.82, 2.24) is 0 Å². The van der Waals surface area contributed by atoms with Crippen LogP contribution in [0.1, 0.15) is 40.5 Å². The summed E-state index contributed by atoms with van der Waals surface area (Å²) in [5.41, 5.74) is 0. The van der Waals surface area contributed by atoms with Gasteiger partial charge in [-0.05, 0) is 23.7 Å². The molecule has 1 saturated heterocycles. The molecule has 1 aliphatic heterocycles. The second-order valence-corrected chi connectivity index (χ2v) is 7.18. The summed E-state index contributed by atoms with van der Waals surface area (Å²) in [4.78, 5) is 0. The van der Waals surface area contributed by atoms with Crippen LogP contribution in [-0.2, 0) is 10.9 Å². The Morgan fingerprint density at radius 1 is 0.917 bits per heavy atom. The summed E-state index contributed by atoms with van der Waals surface area (Å²) in [6.45, 7) is 9.54. The van der Waals surface area contributed by atoms with E-state index in [1.54, 1.807) is 0 Å². The van der Waals surface area contributed by atoms with E-state index in [4.69, 9.17) is 0 Å². The van der Waals surface area contributed by atoms with E-state index in [1.807, 2.05) is 0 Å². The van der Waals surface area contributed by atoms with Gasteiger partial charge in [-0.1, -0.05) is 27.7 Å². The minimum absolute atomic E-state index is 0.691. The molecule has 0 N–H and O–H groups in total. The fourth-order valence-corrected chi connectivity index (χ4v) is 5.63. The fraction of sp³-hybridized carbons (Fsp3) is 1.00. The lowest BCUT2D eigenvalue weighted by Crippen LogP contribution is -2.29. The molecule has 2 atom stereocenters. The Morgan fingerprint density at radius 3 is 1.42 bits per heavy atom. The van der Waals surface area contributed by atoms with Crippen molar-refractivity contribution in [3.63, 3.8) is 0 Å². The molecule has 1 fully saturated rings. The Balaban J connectivity index is 2.55. The molecule has 1 heterocycles. The molecule has 0 amide bonds. The van der Waals surface area contributed by atoms with E-state index < -0.39 is 0 Å². The second kappa shape index (κ2) is 4.04. The van der Waals surface area contributed by atoms with Gasteiger partial charge in [0.1, 0.15) is 10.5 Å². The van der Waals surface area contributed by atoms with Crippen molar-refractivity contribution in [3.8, 4) is 0 Å². The predicted octanol–water partition coefficient (Wildman–Crippen LogP) is 3.08. The van der Waals surface area contributed by atoms with Gasteiger partial charge >= 0.3 is 0 Å². The van der Waals surface area contributed by atoms with Gasteiger partial charge in [-0.3, -0.25) is 0 Å². The van der Waals surface area contributed by atoms with Crippen molar-refractivity contribution in [2.75, 3.05) is 6.26 Å². The minimum atomic E-state index is 0.691. The highest BCUT2D eigenvalue weighted by atomic mass is 32.2. The molecule has 1 aliphatic rings. The van der Waals surface area contributed by atoms with Crippen molar-refractivity contribution in [2.24, 2.45) is 11.8 Å². The first-order valence-electron chi connectivity index (χ1n) is 5.17. The molecule has 0 aromatic carbocycles. The maximum absolute atomic E-state index is 2.49. The van der Waals surface area contributed by atoms with E-state index in [9.17, 15) is 0 Å².